The van der Waals surface area contributed by atoms with Crippen molar-refractivity contribution in [1.29, 1.82) is 0 Å². The third-order valence-electron chi connectivity index (χ3n) is 2.80. The summed E-state index contributed by atoms with van der Waals surface area (Å²) >= 11 is 0. The van der Waals surface area contributed by atoms with E-state index < -0.39 is 5.60 Å². The largest absolute Gasteiger partial charge is 0.379 e. The number of nitrogens with zero attached hydrogens (tertiary/aromatic N) is 1. The topological polar surface area (TPSA) is 67.8 Å². The van der Waals surface area contributed by atoms with E-state index in [2.05, 4.69) is 17.4 Å². The highest BCUT2D eigenvalue weighted by molar-refractivity contribution is 6.05. The second-order valence-corrected chi connectivity index (χ2v) is 4.05. The molecule has 2 heterocycles. The van der Waals surface area contributed by atoms with Crippen LogP contribution in [-0.4, -0.2) is 23.1 Å². The maximum Gasteiger partial charge on any atom is 0.274 e. The first kappa shape index (κ1) is 10.1. The summed E-state index contributed by atoms with van der Waals surface area (Å²) in [4.78, 5) is 27.9. The fourth-order valence-corrected chi connectivity index (χ4v) is 1.96. The molecule has 0 aromatic heterocycles. The summed E-state index contributed by atoms with van der Waals surface area (Å²) in [5.74, 6) is -0.563. The Kier molecular flexibility index (Phi) is 2.46. The van der Waals surface area contributed by atoms with Crippen molar-refractivity contribution in [3.8, 4) is 0 Å². The quantitative estimate of drug-likeness (QED) is 0.683. The molecule has 1 spiro atoms. The Hall–Kier alpha value is -1.39. The van der Waals surface area contributed by atoms with Gasteiger partial charge in [-0.05, 0) is 6.42 Å². The average Bonchev–Trinajstić information content (AvgIpc) is 2.59. The Morgan fingerprint density at radius 2 is 2.33 bits per heavy atom. The van der Waals surface area contributed by atoms with E-state index in [-0.39, 0.29) is 11.8 Å². The first-order chi connectivity index (χ1) is 7.16. The van der Waals surface area contributed by atoms with E-state index >= 15 is 0 Å². The second-order valence-electron chi connectivity index (χ2n) is 4.05. The van der Waals surface area contributed by atoms with Gasteiger partial charge in [0.1, 0.15) is 0 Å². The molecule has 0 aliphatic carbocycles. The minimum absolute atomic E-state index is 0.224. The molecule has 0 aromatic carbocycles. The van der Waals surface area contributed by atoms with Crippen LogP contribution in [0.5, 0.6) is 0 Å². The molecule has 2 aliphatic heterocycles. The minimum atomic E-state index is -0.890. The molecule has 0 radical (unpaired) electrons. The normalized spacial score (nSPS) is 30.1. The van der Waals surface area contributed by atoms with Gasteiger partial charge in [0, 0.05) is 19.3 Å². The van der Waals surface area contributed by atoms with E-state index in [1.54, 1.807) is 0 Å². The van der Waals surface area contributed by atoms with Crippen LogP contribution < -0.4 is 5.32 Å². The van der Waals surface area contributed by atoms with Gasteiger partial charge in [0.15, 0.2) is 0 Å². The Bertz CT molecular complexity index is 338. The van der Waals surface area contributed by atoms with Crippen molar-refractivity contribution in [1.82, 2.24) is 5.32 Å². The monoisotopic (exact) mass is 210 g/mol. The highest BCUT2D eigenvalue weighted by Gasteiger charge is 2.49. The first-order valence-electron chi connectivity index (χ1n) is 5.24. The van der Waals surface area contributed by atoms with Gasteiger partial charge >= 0.3 is 0 Å². The zero-order valence-electron chi connectivity index (χ0n) is 8.71. The minimum Gasteiger partial charge on any atom is -0.379 e. The van der Waals surface area contributed by atoms with Gasteiger partial charge < -0.3 is 4.84 Å². The summed E-state index contributed by atoms with van der Waals surface area (Å²) in [5.41, 5.74) is 0.0281. The van der Waals surface area contributed by atoms with Gasteiger partial charge in [0.05, 0.1) is 5.71 Å². The van der Waals surface area contributed by atoms with E-state index in [0.717, 1.165) is 18.6 Å². The molecule has 15 heavy (non-hydrogen) atoms. The Labute approximate surface area is 87.8 Å². The third kappa shape index (κ3) is 1.73. The molecule has 2 amide bonds. The van der Waals surface area contributed by atoms with Crippen LogP contribution in [0, 0.1) is 0 Å². The molecule has 2 aliphatic rings. The molecule has 0 bridgehead atoms. The molecule has 1 N–H and O–H groups in total. The van der Waals surface area contributed by atoms with E-state index in [4.69, 9.17) is 4.84 Å². The van der Waals surface area contributed by atoms with Crippen molar-refractivity contribution in [3.05, 3.63) is 0 Å². The summed E-state index contributed by atoms with van der Waals surface area (Å²) in [7, 11) is 0. The van der Waals surface area contributed by atoms with Crippen LogP contribution in [0.3, 0.4) is 0 Å². The number of nitrogens with one attached hydrogen (secondary N) is 1. The highest BCUT2D eigenvalue weighted by atomic mass is 16.7. The van der Waals surface area contributed by atoms with Crippen molar-refractivity contribution < 1.29 is 14.4 Å². The smallest absolute Gasteiger partial charge is 0.274 e. The zero-order chi connectivity index (χ0) is 10.9. The molecular formula is C10H14N2O3. The van der Waals surface area contributed by atoms with Gasteiger partial charge in [-0.15, -0.1) is 0 Å². The number of hydrogen-bond acceptors (Lipinski definition) is 4. The summed E-state index contributed by atoms with van der Waals surface area (Å²) in [6.07, 6.45) is 3.14. The van der Waals surface area contributed by atoms with Gasteiger partial charge in [0.2, 0.25) is 11.5 Å². The molecule has 1 unspecified atom stereocenters. The van der Waals surface area contributed by atoms with Crippen molar-refractivity contribution in [2.24, 2.45) is 5.16 Å². The standard InChI is InChI=1S/C10H14N2O3/c1-2-3-7-6-10(15-12-7)5-4-8(13)11-9(10)14/h2-6H2,1H3,(H,11,13,14). The predicted octanol–water partition coefficient (Wildman–Crippen LogP) is 0.738. The van der Waals surface area contributed by atoms with E-state index in [0.29, 0.717) is 19.3 Å². The van der Waals surface area contributed by atoms with Crippen molar-refractivity contribution in [2.45, 2.75) is 44.6 Å². The van der Waals surface area contributed by atoms with Crippen LogP contribution in [0.25, 0.3) is 0 Å². The highest BCUT2D eigenvalue weighted by Crippen LogP contribution is 2.32. The lowest BCUT2D eigenvalue weighted by Gasteiger charge is -2.28. The molecule has 1 atom stereocenters. The van der Waals surface area contributed by atoms with Crippen LogP contribution >= 0.6 is 0 Å². The average molecular weight is 210 g/mol. The molecule has 82 valence electrons. The van der Waals surface area contributed by atoms with Crippen LogP contribution in [0.1, 0.15) is 39.0 Å². The summed E-state index contributed by atoms with van der Waals surface area (Å²) < 4.78 is 0. The number of piperidine rings is 1. The Balaban J connectivity index is 2.05. The second kappa shape index (κ2) is 3.64. The first-order valence-corrected chi connectivity index (χ1v) is 5.24. The van der Waals surface area contributed by atoms with Gasteiger partial charge in [-0.25, -0.2) is 0 Å². The van der Waals surface area contributed by atoms with Crippen LogP contribution in [0.2, 0.25) is 0 Å². The van der Waals surface area contributed by atoms with Gasteiger partial charge in [0.25, 0.3) is 5.91 Å². The van der Waals surface area contributed by atoms with Gasteiger partial charge in [-0.1, -0.05) is 18.5 Å². The summed E-state index contributed by atoms with van der Waals surface area (Å²) in [5, 5.41) is 6.22. The fraction of sp³-hybridized carbons (Fsp3) is 0.700. The molecule has 5 heteroatoms. The van der Waals surface area contributed by atoms with Crippen molar-refractivity contribution >= 4 is 17.5 Å². The van der Waals surface area contributed by atoms with Crippen LogP contribution in [0.15, 0.2) is 5.16 Å². The molecule has 0 saturated carbocycles. The van der Waals surface area contributed by atoms with E-state index in [1.165, 1.54) is 0 Å². The van der Waals surface area contributed by atoms with Gasteiger partial charge in [-0.2, -0.15) is 0 Å². The predicted molar refractivity (Wildman–Crippen MR) is 53.2 cm³/mol. The number of carbonyl (C=O) groups excluding carboxylic acids is 2. The molecule has 0 aromatic rings. The lowest BCUT2D eigenvalue weighted by molar-refractivity contribution is -0.153. The summed E-state index contributed by atoms with van der Waals surface area (Å²) in [6.45, 7) is 2.05. The number of amides is 2. The molecular weight excluding hydrogens is 196 g/mol. The maximum atomic E-state index is 11.6. The van der Waals surface area contributed by atoms with E-state index in [1.807, 2.05) is 0 Å². The summed E-state index contributed by atoms with van der Waals surface area (Å²) in [6, 6.07) is 0. The van der Waals surface area contributed by atoms with Gasteiger partial charge in [-0.3, -0.25) is 14.9 Å². The van der Waals surface area contributed by atoms with E-state index in [9.17, 15) is 9.59 Å². The number of oxime groups is 1. The number of imide groups is 1. The fourth-order valence-electron chi connectivity index (χ4n) is 1.96. The Morgan fingerprint density at radius 1 is 1.53 bits per heavy atom. The maximum absolute atomic E-state index is 11.6. The number of carbonyl (C=O) groups is 2. The lowest BCUT2D eigenvalue weighted by atomic mass is 9.87. The zero-order valence-corrected chi connectivity index (χ0v) is 8.71. The Morgan fingerprint density at radius 3 is 3.00 bits per heavy atom. The lowest BCUT2D eigenvalue weighted by Crippen LogP contribution is -2.53. The van der Waals surface area contributed by atoms with Crippen LogP contribution in [-0.2, 0) is 14.4 Å². The molecule has 1 fully saturated rings. The van der Waals surface area contributed by atoms with Crippen molar-refractivity contribution in [2.75, 3.05) is 0 Å². The van der Waals surface area contributed by atoms with Crippen LogP contribution in [0.4, 0.5) is 0 Å². The number of hydrogen-bond donors (Lipinski definition) is 1. The molecule has 1 saturated heterocycles. The number of rotatable bonds is 2. The SMILES string of the molecule is CCCC1=NOC2(CCC(=O)NC2=O)C1. The third-order valence-corrected chi connectivity index (χ3v) is 2.80. The molecule has 5 nitrogen and oxygen atoms in total. The molecule has 2 rings (SSSR count). The van der Waals surface area contributed by atoms with Crippen molar-refractivity contribution in [3.63, 3.8) is 0 Å².